The summed E-state index contributed by atoms with van der Waals surface area (Å²) in [5.41, 5.74) is 4.97. The Morgan fingerprint density at radius 2 is 0.976 bits per heavy atom. The van der Waals surface area contributed by atoms with Crippen LogP contribution in [0, 0.1) is 0 Å². The predicted octanol–water partition coefficient (Wildman–Crippen LogP) is 8.04. The Kier molecular flexibility index (Phi) is 11.8. The van der Waals surface area contributed by atoms with E-state index in [0.717, 1.165) is 11.3 Å². The van der Waals surface area contributed by atoms with Gasteiger partial charge in [0.05, 0.1) is 16.2 Å². The first kappa shape index (κ1) is 30.2. The molecule has 0 aliphatic carbocycles. The van der Waals surface area contributed by atoms with Crippen LogP contribution in [0.1, 0.15) is 49.5 Å². The number of carbonyl (C=O) groups is 1. The number of aromatic nitrogens is 3. The van der Waals surface area contributed by atoms with Gasteiger partial charge in [-0.25, -0.2) is 0 Å². The van der Waals surface area contributed by atoms with Crippen LogP contribution in [-0.4, -0.2) is 25.8 Å². The Morgan fingerprint density at radius 1 is 0.524 bits per heavy atom. The SMILES string of the molecule is BrC(c1ccccc1)c1ccccn1.O=C(c1ccccc1)c1ccccn1.OC(c1ccccc1)c1ccccn1. The summed E-state index contributed by atoms with van der Waals surface area (Å²) in [6, 6.07) is 45.7. The van der Waals surface area contributed by atoms with Crippen LogP contribution in [-0.2, 0) is 0 Å². The van der Waals surface area contributed by atoms with Crippen molar-refractivity contribution in [1.29, 1.82) is 0 Å². The Bertz CT molecular complexity index is 1390. The zero-order chi connectivity index (χ0) is 29.4. The van der Waals surface area contributed by atoms with E-state index in [-0.39, 0.29) is 10.6 Å². The molecule has 0 aliphatic rings. The van der Waals surface area contributed by atoms with Gasteiger partial charge in [0.25, 0.3) is 0 Å². The maximum absolute atomic E-state index is 11.8. The molecule has 6 heteroatoms. The summed E-state index contributed by atoms with van der Waals surface area (Å²) in [5.74, 6) is -0.0359. The number of ketones is 1. The fraction of sp³-hybridized carbons (Fsp3) is 0.0556. The van der Waals surface area contributed by atoms with E-state index in [1.165, 1.54) is 5.56 Å². The number of halogens is 1. The lowest BCUT2D eigenvalue weighted by molar-refractivity contribution is 0.103. The highest BCUT2D eigenvalue weighted by atomic mass is 79.9. The summed E-state index contributed by atoms with van der Waals surface area (Å²) < 4.78 is 0. The third-order valence-electron chi connectivity index (χ3n) is 6.06. The van der Waals surface area contributed by atoms with Crippen molar-refractivity contribution >= 4 is 21.7 Å². The molecule has 0 aliphatic heterocycles. The van der Waals surface area contributed by atoms with E-state index in [1.54, 1.807) is 36.7 Å². The molecule has 5 nitrogen and oxygen atoms in total. The maximum Gasteiger partial charge on any atom is 0.211 e. The molecule has 0 amide bonds. The molecule has 42 heavy (non-hydrogen) atoms. The Hall–Kier alpha value is -4.78. The van der Waals surface area contributed by atoms with Gasteiger partial charge in [0.2, 0.25) is 5.78 Å². The molecular formula is C36H30BrN3O2. The molecule has 0 saturated heterocycles. The normalized spacial score (nSPS) is 11.5. The largest absolute Gasteiger partial charge is 0.382 e. The quantitative estimate of drug-likeness (QED) is 0.151. The standard InChI is InChI=1S/C12H10BrN.C12H11NO.C12H9NO/c13-12(10-6-2-1-3-7-10)11-8-4-5-9-14-11;2*14-12(10-6-2-1-3-7-10)11-8-4-5-9-13-11/h1-9,12H;1-9,12,14H;1-9H. The van der Waals surface area contributed by atoms with Gasteiger partial charge in [0.1, 0.15) is 11.8 Å². The average molecular weight is 617 g/mol. The number of hydrogen-bond donors (Lipinski definition) is 1. The second-order valence-electron chi connectivity index (χ2n) is 9.01. The van der Waals surface area contributed by atoms with Crippen molar-refractivity contribution in [2.75, 3.05) is 0 Å². The van der Waals surface area contributed by atoms with E-state index in [0.29, 0.717) is 17.0 Å². The van der Waals surface area contributed by atoms with Crippen LogP contribution in [0.5, 0.6) is 0 Å². The summed E-state index contributed by atoms with van der Waals surface area (Å²) >= 11 is 3.63. The molecule has 0 radical (unpaired) electrons. The predicted molar refractivity (Wildman–Crippen MR) is 170 cm³/mol. The summed E-state index contributed by atoms with van der Waals surface area (Å²) in [7, 11) is 0. The fourth-order valence-corrected chi connectivity index (χ4v) is 4.47. The molecule has 0 spiro atoms. The highest BCUT2D eigenvalue weighted by Gasteiger charge is 2.11. The second-order valence-corrected chi connectivity index (χ2v) is 9.92. The van der Waals surface area contributed by atoms with Gasteiger partial charge in [-0.2, -0.15) is 0 Å². The zero-order valence-electron chi connectivity index (χ0n) is 22.8. The molecule has 3 heterocycles. The minimum absolute atomic E-state index is 0.0359. The first-order valence-corrected chi connectivity index (χ1v) is 14.3. The van der Waals surface area contributed by atoms with E-state index in [2.05, 4.69) is 43.0 Å². The zero-order valence-corrected chi connectivity index (χ0v) is 24.4. The van der Waals surface area contributed by atoms with Crippen LogP contribution < -0.4 is 0 Å². The van der Waals surface area contributed by atoms with Crippen molar-refractivity contribution in [2.45, 2.75) is 10.9 Å². The molecule has 6 rings (SSSR count). The smallest absolute Gasteiger partial charge is 0.211 e. The van der Waals surface area contributed by atoms with E-state index in [9.17, 15) is 9.90 Å². The van der Waals surface area contributed by atoms with E-state index >= 15 is 0 Å². The van der Waals surface area contributed by atoms with Gasteiger partial charge in [0.15, 0.2) is 0 Å². The number of aliphatic hydroxyl groups is 1. The lowest BCUT2D eigenvalue weighted by Gasteiger charge is -2.09. The van der Waals surface area contributed by atoms with Gasteiger partial charge in [0, 0.05) is 24.2 Å². The van der Waals surface area contributed by atoms with Crippen molar-refractivity contribution in [3.05, 3.63) is 198 Å². The molecule has 0 fully saturated rings. The third kappa shape index (κ3) is 9.13. The van der Waals surface area contributed by atoms with Gasteiger partial charge >= 0.3 is 0 Å². The number of benzene rings is 3. The molecule has 3 aromatic carbocycles. The average Bonchev–Trinajstić information content (AvgIpc) is 3.10. The van der Waals surface area contributed by atoms with Crippen LogP contribution >= 0.6 is 15.9 Å². The minimum atomic E-state index is -0.627. The van der Waals surface area contributed by atoms with Crippen molar-refractivity contribution in [1.82, 2.24) is 15.0 Å². The summed E-state index contributed by atoms with van der Waals surface area (Å²) in [6.07, 6.45) is 4.49. The van der Waals surface area contributed by atoms with Crippen LogP contribution in [0.25, 0.3) is 0 Å². The van der Waals surface area contributed by atoms with Gasteiger partial charge in [-0.1, -0.05) is 125 Å². The van der Waals surface area contributed by atoms with Crippen molar-refractivity contribution < 1.29 is 9.90 Å². The van der Waals surface area contributed by atoms with Crippen LogP contribution in [0.3, 0.4) is 0 Å². The summed E-state index contributed by atoms with van der Waals surface area (Å²) in [6.45, 7) is 0. The van der Waals surface area contributed by atoms with Crippen molar-refractivity contribution in [2.24, 2.45) is 0 Å². The molecule has 0 saturated carbocycles. The Labute approximate surface area is 254 Å². The van der Waals surface area contributed by atoms with Crippen molar-refractivity contribution in [3.8, 4) is 0 Å². The topological polar surface area (TPSA) is 76.0 Å². The monoisotopic (exact) mass is 615 g/mol. The third-order valence-corrected chi connectivity index (χ3v) is 7.05. The lowest BCUT2D eigenvalue weighted by atomic mass is 10.1. The van der Waals surface area contributed by atoms with Gasteiger partial charge in [-0.15, -0.1) is 0 Å². The number of hydrogen-bond acceptors (Lipinski definition) is 5. The van der Waals surface area contributed by atoms with Crippen LogP contribution in [0.15, 0.2) is 164 Å². The number of carbonyl (C=O) groups excluding carboxylic acids is 1. The van der Waals surface area contributed by atoms with E-state index < -0.39 is 6.10 Å². The highest BCUT2D eigenvalue weighted by molar-refractivity contribution is 9.09. The lowest BCUT2D eigenvalue weighted by Crippen LogP contribution is -2.02. The summed E-state index contributed by atoms with van der Waals surface area (Å²) in [4.78, 5) is 24.4. The van der Waals surface area contributed by atoms with Crippen molar-refractivity contribution in [3.63, 3.8) is 0 Å². The molecule has 3 aromatic heterocycles. The first-order valence-electron chi connectivity index (χ1n) is 13.4. The second kappa shape index (κ2) is 16.5. The maximum atomic E-state index is 11.8. The molecular weight excluding hydrogens is 586 g/mol. The molecule has 6 aromatic rings. The molecule has 208 valence electrons. The van der Waals surface area contributed by atoms with E-state index in [1.807, 2.05) is 115 Å². The Morgan fingerprint density at radius 3 is 1.48 bits per heavy atom. The number of alkyl halides is 1. The number of pyridine rings is 3. The number of aliphatic hydroxyl groups excluding tert-OH is 1. The molecule has 1 N–H and O–H groups in total. The van der Waals surface area contributed by atoms with Crippen LogP contribution in [0.4, 0.5) is 0 Å². The number of nitrogens with zero attached hydrogens (tertiary/aromatic N) is 3. The van der Waals surface area contributed by atoms with Gasteiger partial charge < -0.3 is 5.11 Å². The van der Waals surface area contributed by atoms with E-state index in [4.69, 9.17) is 0 Å². The fourth-order valence-electron chi connectivity index (χ4n) is 3.90. The van der Waals surface area contributed by atoms with Gasteiger partial charge in [-0.3, -0.25) is 19.7 Å². The molecule has 2 unspecified atom stereocenters. The van der Waals surface area contributed by atoms with Gasteiger partial charge in [-0.05, 0) is 47.5 Å². The minimum Gasteiger partial charge on any atom is -0.382 e. The number of rotatable bonds is 6. The highest BCUT2D eigenvalue weighted by Crippen LogP contribution is 2.28. The Balaban J connectivity index is 0.000000145. The molecule has 0 bridgehead atoms. The molecule has 2 atom stereocenters. The van der Waals surface area contributed by atoms with Crippen LogP contribution in [0.2, 0.25) is 0 Å². The first-order chi connectivity index (χ1) is 20.6. The summed E-state index contributed by atoms with van der Waals surface area (Å²) in [5, 5.41) is 9.93.